The number of carbonyl (C=O) groups excluding carboxylic acids is 1. The minimum absolute atomic E-state index is 0.0248. The number of sulfonamides is 1. The lowest BCUT2D eigenvalue weighted by molar-refractivity contribution is -0.134. The lowest BCUT2D eigenvalue weighted by atomic mass is 10.0. The molecule has 0 radical (unpaired) electrons. The van der Waals surface area contributed by atoms with Crippen molar-refractivity contribution in [2.75, 3.05) is 7.05 Å². The van der Waals surface area contributed by atoms with Gasteiger partial charge in [0.25, 0.3) is 5.91 Å². The lowest BCUT2D eigenvalue weighted by Crippen LogP contribution is -2.49. The van der Waals surface area contributed by atoms with Crippen LogP contribution in [0.25, 0.3) is 0 Å². The number of rotatable bonds is 7. The van der Waals surface area contributed by atoms with E-state index >= 15 is 0 Å². The Kier molecular flexibility index (Phi) is 6.36. The molecule has 0 fully saturated rings. The number of nitrogens with one attached hydrogen (secondary N) is 1. The molecule has 1 amide bonds. The van der Waals surface area contributed by atoms with Crippen molar-refractivity contribution in [3.05, 3.63) is 54.6 Å². The third-order valence-corrected chi connectivity index (χ3v) is 5.73. The van der Waals surface area contributed by atoms with Crippen molar-refractivity contribution in [3.63, 3.8) is 0 Å². The van der Waals surface area contributed by atoms with E-state index in [9.17, 15) is 13.2 Å². The van der Waals surface area contributed by atoms with Crippen molar-refractivity contribution in [3.8, 4) is 11.5 Å². The second kappa shape index (κ2) is 8.31. The quantitative estimate of drug-likeness (QED) is 0.570. The summed E-state index contributed by atoms with van der Waals surface area (Å²) in [6.07, 6.45) is 0. The Morgan fingerprint density at radius 1 is 1.04 bits per heavy atom. The highest BCUT2D eigenvalue weighted by molar-refractivity contribution is 7.89. The molecule has 2 rings (SSSR count). The molecule has 0 aromatic heterocycles. The van der Waals surface area contributed by atoms with Crippen molar-refractivity contribution in [2.45, 2.75) is 24.8 Å². The van der Waals surface area contributed by atoms with E-state index in [1.807, 2.05) is 18.2 Å². The molecular formula is C18H22N2O5S. The summed E-state index contributed by atoms with van der Waals surface area (Å²) in [6, 6.07) is 14.0. The van der Waals surface area contributed by atoms with Gasteiger partial charge in [0.2, 0.25) is 10.0 Å². The molecule has 0 spiro atoms. The number of amides is 1. The number of para-hydroxylation sites is 1. The van der Waals surface area contributed by atoms with Crippen LogP contribution in [-0.4, -0.2) is 36.9 Å². The molecule has 0 aliphatic carbocycles. The topological polar surface area (TPSA) is 95.9 Å². The molecule has 0 aliphatic rings. The van der Waals surface area contributed by atoms with E-state index in [-0.39, 0.29) is 10.8 Å². The predicted octanol–water partition coefficient (Wildman–Crippen LogP) is 2.63. The highest BCUT2D eigenvalue weighted by Crippen LogP contribution is 2.25. The molecule has 2 aromatic rings. The number of nitrogens with zero attached hydrogens (tertiary/aromatic N) is 1. The maximum Gasteiger partial charge on any atom is 0.262 e. The van der Waals surface area contributed by atoms with Crippen LogP contribution in [0.4, 0.5) is 0 Å². The van der Waals surface area contributed by atoms with E-state index in [1.165, 1.54) is 24.7 Å². The van der Waals surface area contributed by atoms with E-state index < -0.39 is 22.0 Å². The summed E-state index contributed by atoms with van der Waals surface area (Å²) in [7, 11) is -2.61. The van der Waals surface area contributed by atoms with Crippen LogP contribution in [0.3, 0.4) is 0 Å². The van der Waals surface area contributed by atoms with Gasteiger partial charge in [0, 0.05) is 7.05 Å². The molecule has 0 aliphatic heterocycles. The summed E-state index contributed by atoms with van der Waals surface area (Å²) in [5.41, 5.74) is 1.52. The van der Waals surface area contributed by atoms with Crippen molar-refractivity contribution < 1.29 is 23.2 Å². The first-order chi connectivity index (χ1) is 12.3. The average Bonchev–Trinajstić information content (AvgIpc) is 2.62. The normalized spacial score (nSPS) is 12.8. The predicted molar refractivity (Wildman–Crippen MR) is 96.5 cm³/mol. The van der Waals surface area contributed by atoms with Crippen LogP contribution in [0.2, 0.25) is 0 Å². The molecule has 2 aromatic carbocycles. The fourth-order valence-corrected chi connectivity index (χ4v) is 4.02. The van der Waals surface area contributed by atoms with Gasteiger partial charge in [-0.3, -0.25) is 10.0 Å². The average molecular weight is 378 g/mol. The fourth-order valence-electron chi connectivity index (χ4n) is 2.57. The standard InChI is InChI=1S/C18H22N2O5S/c1-13(2)17(18(21)19-22)20(3)26(23,24)16-11-9-15(10-12-16)25-14-7-5-4-6-8-14/h4-13,17,22H,1-3H3,(H,19,21)/t17-/m1/s1. The minimum Gasteiger partial charge on any atom is -0.457 e. The molecule has 0 heterocycles. The van der Waals surface area contributed by atoms with Gasteiger partial charge in [-0.05, 0) is 42.3 Å². The number of hydroxylamine groups is 1. The molecule has 0 bridgehead atoms. The van der Waals surface area contributed by atoms with E-state index in [0.29, 0.717) is 11.5 Å². The summed E-state index contributed by atoms with van der Waals surface area (Å²) in [4.78, 5) is 11.9. The highest BCUT2D eigenvalue weighted by atomic mass is 32.2. The fraction of sp³-hybridized carbons (Fsp3) is 0.278. The first-order valence-electron chi connectivity index (χ1n) is 8.02. The summed E-state index contributed by atoms with van der Waals surface area (Å²) in [6.45, 7) is 3.39. The second-order valence-corrected chi connectivity index (χ2v) is 8.07. The third-order valence-electron chi connectivity index (χ3n) is 3.88. The SMILES string of the molecule is CC(C)[C@H](C(=O)NO)N(C)S(=O)(=O)c1ccc(Oc2ccccc2)cc1. The Hall–Kier alpha value is -2.42. The van der Waals surface area contributed by atoms with Gasteiger partial charge in [0.15, 0.2) is 0 Å². The van der Waals surface area contributed by atoms with Gasteiger partial charge in [-0.1, -0.05) is 32.0 Å². The third kappa shape index (κ3) is 4.40. The van der Waals surface area contributed by atoms with Crippen LogP contribution in [-0.2, 0) is 14.8 Å². The van der Waals surface area contributed by atoms with E-state index in [0.717, 1.165) is 4.31 Å². The zero-order valence-corrected chi connectivity index (χ0v) is 15.6. The summed E-state index contributed by atoms with van der Waals surface area (Å²) >= 11 is 0. The van der Waals surface area contributed by atoms with Crippen LogP contribution in [0.15, 0.2) is 59.5 Å². The molecule has 0 unspecified atom stereocenters. The largest absolute Gasteiger partial charge is 0.457 e. The molecule has 8 heteroatoms. The lowest BCUT2D eigenvalue weighted by Gasteiger charge is -2.28. The van der Waals surface area contributed by atoms with Crippen LogP contribution in [0.5, 0.6) is 11.5 Å². The molecular weight excluding hydrogens is 356 g/mol. The summed E-state index contributed by atoms with van der Waals surface area (Å²) in [5.74, 6) is 0.0174. The van der Waals surface area contributed by atoms with Gasteiger partial charge in [-0.25, -0.2) is 13.9 Å². The van der Waals surface area contributed by atoms with Crippen molar-refractivity contribution in [1.82, 2.24) is 9.79 Å². The van der Waals surface area contributed by atoms with Gasteiger partial charge in [0.1, 0.15) is 17.5 Å². The molecule has 1 atom stereocenters. The number of hydrogen-bond acceptors (Lipinski definition) is 5. The highest BCUT2D eigenvalue weighted by Gasteiger charge is 2.34. The van der Waals surface area contributed by atoms with E-state index in [4.69, 9.17) is 9.94 Å². The Balaban J connectivity index is 2.24. The van der Waals surface area contributed by atoms with Gasteiger partial charge in [-0.15, -0.1) is 0 Å². The van der Waals surface area contributed by atoms with Gasteiger partial charge in [-0.2, -0.15) is 4.31 Å². The molecule has 0 saturated carbocycles. The monoisotopic (exact) mass is 378 g/mol. The van der Waals surface area contributed by atoms with Gasteiger partial charge in [0.05, 0.1) is 4.90 Å². The van der Waals surface area contributed by atoms with E-state index in [2.05, 4.69) is 0 Å². The smallest absolute Gasteiger partial charge is 0.262 e. The van der Waals surface area contributed by atoms with Gasteiger partial charge < -0.3 is 4.74 Å². The Morgan fingerprint density at radius 2 is 1.58 bits per heavy atom. The number of likely N-dealkylation sites (N-methyl/N-ethyl adjacent to an activating group) is 1. The molecule has 7 nitrogen and oxygen atoms in total. The number of benzene rings is 2. The van der Waals surface area contributed by atoms with Crippen LogP contribution >= 0.6 is 0 Å². The second-order valence-electron chi connectivity index (χ2n) is 6.07. The van der Waals surface area contributed by atoms with Crippen molar-refractivity contribution in [2.24, 2.45) is 5.92 Å². The molecule has 26 heavy (non-hydrogen) atoms. The Morgan fingerprint density at radius 3 is 2.08 bits per heavy atom. The zero-order valence-electron chi connectivity index (χ0n) is 14.8. The number of carbonyl (C=O) groups is 1. The maximum atomic E-state index is 12.8. The van der Waals surface area contributed by atoms with Gasteiger partial charge >= 0.3 is 0 Å². The number of hydrogen-bond donors (Lipinski definition) is 2. The maximum absolute atomic E-state index is 12.8. The molecule has 2 N–H and O–H groups in total. The minimum atomic E-state index is -3.92. The van der Waals surface area contributed by atoms with E-state index in [1.54, 1.807) is 38.1 Å². The molecule has 0 saturated heterocycles. The van der Waals surface area contributed by atoms with Crippen LogP contribution in [0.1, 0.15) is 13.8 Å². The first-order valence-corrected chi connectivity index (χ1v) is 9.46. The summed E-state index contributed by atoms with van der Waals surface area (Å²) in [5, 5.41) is 8.88. The first kappa shape index (κ1) is 19.9. The van der Waals surface area contributed by atoms with Crippen LogP contribution < -0.4 is 10.2 Å². The van der Waals surface area contributed by atoms with Crippen LogP contribution in [0, 0.1) is 5.92 Å². The Labute approximate surface area is 153 Å². The van der Waals surface area contributed by atoms with Crippen molar-refractivity contribution in [1.29, 1.82) is 0 Å². The van der Waals surface area contributed by atoms with Crippen molar-refractivity contribution >= 4 is 15.9 Å². The zero-order chi connectivity index (χ0) is 19.3. The Bertz CT molecular complexity index is 836. The number of ether oxygens (including phenoxy) is 1. The summed E-state index contributed by atoms with van der Waals surface area (Å²) < 4.78 is 32.2. The molecule has 140 valence electrons.